The van der Waals surface area contributed by atoms with Gasteiger partial charge in [0.15, 0.2) is 11.6 Å². The first-order valence-corrected chi connectivity index (χ1v) is 11.2. The van der Waals surface area contributed by atoms with Gasteiger partial charge in [-0.3, -0.25) is 4.79 Å². The van der Waals surface area contributed by atoms with E-state index in [0.717, 1.165) is 26.2 Å². The number of aliphatic hydroxyl groups excluding tert-OH is 2. The van der Waals surface area contributed by atoms with E-state index in [9.17, 15) is 31.9 Å². The second kappa shape index (κ2) is 10.5. The number of carbonyl (C=O) groups excluding carboxylic acids is 1. The monoisotopic (exact) mass is 522 g/mol. The molecule has 1 amide bonds. The number of nitrogens with one attached hydrogen (secondary N) is 1. The van der Waals surface area contributed by atoms with Gasteiger partial charge >= 0.3 is 6.18 Å². The third-order valence-electron chi connectivity index (χ3n) is 5.54. The lowest BCUT2D eigenvalue weighted by Crippen LogP contribution is -2.37. The number of pyridine rings is 1. The minimum absolute atomic E-state index is 0.00618. The minimum Gasteiger partial charge on any atom is -0.493 e. The van der Waals surface area contributed by atoms with Gasteiger partial charge in [-0.2, -0.15) is 17.6 Å². The van der Waals surface area contributed by atoms with Crippen LogP contribution in [0.15, 0.2) is 30.5 Å². The fourth-order valence-electron chi connectivity index (χ4n) is 3.69. The van der Waals surface area contributed by atoms with Crippen molar-refractivity contribution in [2.24, 2.45) is 0 Å². The predicted molar refractivity (Wildman–Crippen MR) is 118 cm³/mol. The molecule has 4 atom stereocenters. The van der Waals surface area contributed by atoms with E-state index in [4.69, 9.17) is 14.6 Å². The molecule has 3 N–H and O–H groups in total. The van der Waals surface area contributed by atoms with Gasteiger partial charge in [0.05, 0.1) is 19.0 Å². The Balaban J connectivity index is 1.91. The van der Waals surface area contributed by atoms with E-state index in [1.807, 2.05) is 0 Å². The van der Waals surface area contributed by atoms with Crippen molar-refractivity contribution < 1.29 is 46.4 Å². The molecule has 2 heterocycles. The first kappa shape index (κ1) is 27.0. The van der Waals surface area contributed by atoms with Crippen LogP contribution >= 0.6 is 11.8 Å². The van der Waals surface area contributed by atoms with Crippen LogP contribution in [0.5, 0.6) is 11.6 Å². The summed E-state index contributed by atoms with van der Waals surface area (Å²) in [4.78, 5) is 17.0. The molecule has 1 fully saturated rings. The number of methoxy groups -OCH3 is 1. The third kappa shape index (κ3) is 5.78. The fourth-order valence-corrected chi connectivity index (χ4v) is 5.23. The Morgan fingerprint density at radius 1 is 1.34 bits per heavy atom. The zero-order valence-electron chi connectivity index (χ0n) is 18.6. The standard InChI is InChI=1S/C22H23F5N2O5S/c1-21(22(25,26)27)8-14(13-3-4-15(23)17(24)18(13)33-2)19(35-21)20(32)29-11-5-6-28-16(7-11)34-10-12(31)9-30/h3-7,12,14,19,30-31H,8-10H2,1-2H3,(H,28,29,32). The number of carbonyl (C=O) groups is 1. The number of aliphatic hydroxyl groups is 2. The number of alkyl halides is 3. The van der Waals surface area contributed by atoms with E-state index in [1.54, 1.807) is 0 Å². The van der Waals surface area contributed by atoms with E-state index in [2.05, 4.69) is 10.3 Å². The Kier molecular flexibility index (Phi) is 8.12. The van der Waals surface area contributed by atoms with Crippen molar-refractivity contribution in [1.29, 1.82) is 0 Å². The van der Waals surface area contributed by atoms with Gasteiger partial charge < -0.3 is 25.0 Å². The first-order chi connectivity index (χ1) is 16.4. The summed E-state index contributed by atoms with van der Waals surface area (Å²) in [6.45, 7) is 0.138. The third-order valence-corrected chi connectivity index (χ3v) is 7.26. The highest BCUT2D eigenvalue weighted by atomic mass is 32.2. The van der Waals surface area contributed by atoms with Crippen LogP contribution in [0.1, 0.15) is 24.8 Å². The lowest BCUT2D eigenvalue weighted by molar-refractivity contribution is -0.155. The van der Waals surface area contributed by atoms with Crippen molar-refractivity contribution >= 4 is 23.4 Å². The second-order valence-corrected chi connectivity index (χ2v) is 9.73. The molecule has 1 aromatic carbocycles. The molecule has 35 heavy (non-hydrogen) atoms. The Hall–Kier alpha value is -2.64. The molecule has 4 unspecified atom stereocenters. The number of hydrogen-bond acceptors (Lipinski definition) is 7. The summed E-state index contributed by atoms with van der Waals surface area (Å²) < 4.78 is 77.5. The van der Waals surface area contributed by atoms with Gasteiger partial charge in [-0.05, 0) is 25.5 Å². The smallest absolute Gasteiger partial charge is 0.403 e. The van der Waals surface area contributed by atoms with Crippen molar-refractivity contribution in [1.82, 2.24) is 4.98 Å². The van der Waals surface area contributed by atoms with Gasteiger partial charge in [0.2, 0.25) is 17.6 Å². The molecule has 1 aliphatic heterocycles. The SMILES string of the molecule is COc1c(C2CC(C)(C(F)(F)F)SC2C(=O)Nc2ccnc(OCC(O)CO)c2)ccc(F)c1F. The Morgan fingerprint density at radius 2 is 2.06 bits per heavy atom. The molecular weight excluding hydrogens is 499 g/mol. The second-order valence-electron chi connectivity index (χ2n) is 8.08. The van der Waals surface area contributed by atoms with E-state index in [0.29, 0.717) is 11.8 Å². The molecule has 13 heteroatoms. The Morgan fingerprint density at radius 3 is 2.69 bits per heavy atom. The molecule has 1 saturated heterocycles. The summed E-state index contributed by atoms with van der Waals surface area (Å²) in [6.07, 6.45) is -5.13. The highest BCUT2D eigenvalue weighted by molar-refractivity contribution is 8.02. The van der Waals surface area contributed by atoms with E-state index in [-0.39, 0.29) is 23.7 Å². The summed E-state index contributed by atoms with van der Waals surface area (Å²) in [6, 6.07) is 4.57. The van der Waals surface area contributed by atoms with Gasteiger partial charge in [-0.15, -0.1) is 11.8 Å². The number of thioether (sulfide) groups is 1. The summed E-state index contributed by atoms with van der Waals surface area (Å²) >= 11 is 0.384. The maximum atomic E-state index is 14.3. The highest BCUT2D eigenvalue weighted by Gasteiger charge is 2.60. The molecule has 2 aromatic rings. The molecular formula is C22H23F5N2O5S. The van der Waals surface area contributed by atoms with Gasteiger partial charge in [-0.1, -0.05) is 6.07 Å². The summed E-state index contributed by atoms with van der Waals surface area (Å²) in [5, 5.41) is 19.4. The van der Waals surface area contributed by atoms with Crippen LogP contribution in [-0.4, -0.2) is 63.7 Å². The largest absolute Gasteiger partial charge is 0.493 e. The number of anilines is 1. The maximum absolute atomic E-state index is 14.3. The average molecular weight is 522 g/mol. The van der Waals surface area contributed by atoms with Gasteiger partial charge in [-0.25, -0.2) is 9.37 Å². The van der Waals surface area contributed by atoms with Crippen LogP contribution in [0.4, 0.5) is 27.6 Å². The fraction of sp³-hybridized carbons (Fsp3) is 0.455. The summed E-state index contributed by atoms with van der Waals surface area (Å²) in [5.74, 6) is -5.08. The van der Waals surface area contributed by atoms with Gasteiger partial charge in [0.25, 0.3) is 0 Å². The molecule has 0 saturated carbocycles. The highest BCUT2D eigenvalue weighted by Crippen LogP contribution is 2.59. The van der Waals surface area contributed by atoms with Crippen LogP contribution in [0.2, 0.25) is 0 Å². The molecule has 0 aliphatic carbocycles. The zero-order chi connectivity index (χ0) is 26.0. The van der Waals surface area contributed by atoms with Gasteiger partial charge in [0.1, 0.15) is 17.5 Å². The lowest BCUT2D eigenvalue weighted by atomic mass is 9.85. The van der Waals surface area contributed by atoms with Crippen molar-refractivity contribution in [2.75, 3.05) is 25.6 Å². The Labute approximate surface area is 201 Å². The number of aromatic nitrogens is 1. The number of halogens is 5. The predicted octanol–water partition coefficient (Wildman–Crippen LogP) is 3.65. The maximum Gasteiger partial charge on any atom is 0.403 e. The van der Waals surface area contributed by atoms with E-state index in [1.165, 1.54) is 18.3 Å². The van der Waals surface area contributed by atoms with Crippen LogP contribution < -0.4 is 14.8 Å². The zero-order valence-corrected chi connectivity index (χ0v) is 19.4. The molecule has 7 nitrogen and oxygen atoms in total. The molecule has 192 valence electrons. The number of rotatable bonds is 8. The normalized spacial score (nSPS) is 23.1. The topological polar surface area (TPSA) is 101 Å². The average Bonchev–Trinajstić information content (AvgIpc) is 3.18. The molecule has 1 aliphatic rings. The van der Waals surface area contributed by atoms with Crippen molar-refractivity contribution in [3.05, 3.63) is 47.7 Å². The first-order valence-electron chi connectivity index (χ1n) is 10.3. The summed E-state index contributed by atoms with van der Waals surface area (Å²) in [7, 11) is 1.06. The van der Waals surface area contributed by atoms with E-state index < -0.39 is 64.5 Å². The van der Waals surface area contributed by atoms with Crippen molar-refractivity contribution in [3.8, 4) is 11.6 Å². The lowest BCUT2D eigenvalue weighted by Gasteiger charge is -2.26. The minimum atomic E-state index is -4.68. The van der Waals surface area contributed by atoms with Crippen molar-refractivity contribution in [2.45, 2.75) is 41.5 Å². The number of benzene rings is 1. The number of ether oxygens (including phenoxy) is 2. The van der Waals surface area contributed by atoms with Crippen LogP contribution in [-0.2, 0) is 4.79 Å². The molecule has 1 aromatic heterocycles. The van der Waals surface area contributed by atoms with Crippen LogP contribution in [0.25, 0.3) is 0 Å². The molecule has 3 rings (SSSR count). The quantitative estimate of drug-likeness (QED) is 0.455. The van der Waals surface area contributed by atoms with Crippen LogP contribution in [0.3, 0.4) is 0 Å². The Bertz CT molecular complexity index is 1070. The number of amides is 1. The van der Waals surface area contributed by atoms with Crippen molar-refractivity contribution in [3.63, 3.8) is 0 Å². The number of nitrogens with zero attached hydrogens (tertiary/aromatic N) is 1. The van der Waals surface area contributed by atoms with Crippen LogP contribution in [0, 0.1) is 11.6 Å². The molecule has 0 spiro atoms. The summed E-state index contributed by atoms with van der Waals surface area (Å²) in [5.41, 5.74) is 0.0967. The van der Waals surface area contributed by atoms with Gasteiger partial charge in [0, 0.05) is 29.4 Å². The number of hydrogen-bond donors (Lipinski definition) is 3. The molecule has 0 bridgehead atoms. The van der Waals surface area contributed by atoms with E-state index >= 15 is 0 Å². The molecule has 0 radical (unpaired) electrons.